The quantitative estimate of drug-likeness (QED) is 0.174. The van der Waals surface area contributed by atoms with Crippen LogP contribution in [-0.4, -0.2) is 35.4 Å². The first-order valence-corrected chi connectivity index (χ1v) is 14.7. The van der Waals surface area contributed by atoms with Crippen LogP contribution in [0.1, 0.15) is 26.3 Å². The summed E-state index contributed by atoms with van der Waals surface area (Å²) < 4.78 is 32.5. The Labute approximate surface area is 249 Å². The Morgan fingerprint density at radius 1 is 0.927 bits per heavy atom. The number of ether oxygens (including phenoxy) is 1. The molecule has 0 aliphatic rings. The molecule has 0 atom stereocenters. The smallest absolute Gasteiger partial charge is 0.431 e. The number of amides is 1. The molecule has 0 saturated heterocycles. The van der Waals surface area contributed by atoms with Crippen molar-refractivity contribution in [2.24, 2.45) is 0 Å². The molecule has 0 aliphatic heterocycles. The molecule has 0 unspecified atom stereocenters. The zero-order chi connectivity index (χ0) is 29.8. The summed E-state index contributed by atoms with van der Waals surface area (Å²) in [6.07, 6.45) is 0.412. The number of nitrogens with one attached hydrogen (secondary N) is 2. The van der Waals surface area contributed by atoms with E-state index in [2.05, 4.69) is 10.3 Å². The largest absolute Gasteiger partial charge is 0.443 e. The molecule has 0 spiro atoms. The van der Waals surface area contributed by atoms with Crippen molar-refractivity contribution in [3.05, 3.63) is 107 Å². The highest BCUT2D eigenvalue weighted by Gasteiger charge is 2.36. The standard InChI is InChI=1S/C30H28Cl2N4O4S/c1-30(2,3)40-29(37)36(41(38,39)25-10-5-4-6-11-25)28(33)35-19-20-16-26(21-12-14-23(31)15-13-21)27(34-18-20)22-8-7-9-24(32)17-22/h4-18H,19H2,1-3H3,(H2,33,35). The van der Waals surface area contributed by atoms with Gasteiger partial charge in [0.25, 0.3) is 10.0 Å². The molecule has 11 heteroatoms. The van der Waals surface area contributed by atoms with Gasteiger partial charge in [0.15, 0.2) is 0 Å². The average molecular weight is 612 g/mol. The van der Waals surface area contributed by atoms with Gasteiger partial charge in [-0.05, 0) is 74.4 Å². The number of rotatable bonds is 6. The number of carbonyl (C=O) groups excluding carboxylic acids is 1. The summed E-state index contributed by atoms with van der Waals surface area (Å²) in [6.45, 7) is 4.83. The van der Waals surface area contributed by atoms with Crippen molar-refractivity contribution in [1.82, 2.24) is 14.6 Å². The van der Waals surface area contributed by atoms with Gasteiger partial charge in [-0.1, -0.05) is 65.7 Å². The minimum absolute atomic E-state index is 0.00808. The van der Waals surface area contributed by atoms with Crippen molar-refractivity contribution < 1.29 is 17.9 Å². The highest BCUT2D eigenvalue weighted by atomic mass is 35.5. The molecule has 3 aromatic carbocycles. The third-order valence-electron chi connectivity index (χ3n) is 5.70. The first-order chi connectivity index (χ1) is 19.3. The Morgan fingerprint density at radius 2 is 1.61 bits per heavy atom. The van der Waals surface area contributed by atoms with E-state index in [4.69, 9.17) is 33.3 Å². The molecule has 212 valence electrons. The van der Waals surface area contributed by atoms with E-state index < -0.39 is 27.7 Å². The van der Waals surface area contributed by atoms with Crippen LogP contribution in [0.3, 0.4) is 0 Å². The average Bonchev–Trinajstić information content (AvgIpc) is 2.91. The Morgan fingerprint density at radius 3 is 2.24 bits per heavy atom. The van der Waals surface area contributed by atoms with Crippen LogP contribution in [0.5, 0.6) is 0 Å². The van der Waals surface area contributed by atoms with E-state index >= 15 is 0 Å². The van der Waals surface area contributed by atoms with E-state index in [1.807, 2.05) is 36.4 Å². The summed E-state index contributed by atoms with van der Waals surface area (Å²) in [5, 5.41) is 12.5. The summed E-state index contributed by atoms with van der Waals surface area (Å²) in [4.78, 5) is 17.5. The lowest BCUT2D eigenvalue weighted by atomic mass is 9.98. The van der Waals surface area contributed by atoms with Gasteiger partial charge in [-0.2, -0.15) is 0 Å². The van der Waals surface area contributed by atoms with Crippen LogP contribution in [0, 0.1) is 5.41 Å². The van der Waals surface area contributed by atoms with E-state index in [1.54, 1.807) is 51.2 Å². The Balaban J connectivity index is 1.67. The van der Waals surface area contributed by atoms with E-state index in [0.29, 0.717) is 25.6 Å². The topological polar surface area (TPSA) is 112 Å². The fourth-order valence-electron chi connectivity index (χ4n) is 3.89. The molecule has 0 fully saturated rings. The first kappa shape index (κ1) is 30.0. The number of halogens is 2. The lowest BCUT2D eigenvalue weighted by Crippen LogP contribution is -2.49. The molecule has 0 radical (unpaired) electrons. The molecule has 0 aliphatic carbocycles. The minimum Gasteiger partial charge on any atom is -0.443 e. The second-order valence-electron chi connectivity index (χ2n) is 10.0. The van der Waals surface area contributed by atoms with Crippen molar-refractivity contribution in [3.63, 3.8) is 0 Å². The highest BCUT2D eigenvalue weighted by molar-refractivity contribution is 7.90. The summed E-state index contributed by atoms with van der Waals surface area (Å²) in [7, 11) is -4.45. The van der Waals surface area contributed by atoms with Gasteiger partial charge in [0.2, 0.25) is 5.96 Å². The molecule has 41 heavy (non-hydrogen) atoms. The number of benzene rings is 3. The SMILES string of the molecule is CC(C)(C)OC(=O)N(C(=N)NCc1cnc(-c2cccc(Cl)c2)c(-c2ccc(Cl)cc2)c1)S(=O)(=O)c1ccccc1. The fourth-order valence-corrected chi connectivity index (χ4v) is 5.46. The molecule has 0 saturated carbocycles. The Bertz CT molecular complexity index is 1670. The number of pyridine rings is 1. The molecule has 4 rings (SSSR count). The van der Waals surface area contributed by atoms with E-state index in [9.17, 15) is 13.2 Å². The van der Waals surface area contributed by atoms with Gasteiger partial charge in [0.1, 0.15) is 5.60 Å². The summed E-state index contributed by atoms with van der Waals surface area (Å²) in [6, 6.07) is 23.9. The van der Waals surface area contributed by atoms with Crippen molar-refractivity contribution in [3.8, 4) is 22.4 Å². The van der Waals surface area contributed by atoms with Crippen LogP contribution in [0.4, 0.5) is 4.79 Å². The zero-order valence-electron chi connectivity index (χ0n) is 22.6. The number of guanidine groups is 1. The van der Waals surface area contributed by atoms with E-state index in [-0.39, 0.29) is 11.4 Å². The second kappa shape index (κ2) is 12.3. The molecule has 0 bridgehead atoms. The predicted octanol–water partition coefficient (Wildman–Crippen LogP) is 7.37. The fraction of sp³-hybridized carbons (Fsp3) is 0.167. The minimum atomic E-state index is -4.45. The number of sulfonamides is 1. The van der Waals surface area contributed by atoms with Crippen LogP contribution in [0.25, 0.3) is 22.4 Å². The normalized spacial score (nSPS) is 11.5. The van der Waals surface area contributed by atoms with Crippen LogP contribution in [0.15, 0.2) is 96.0 Å². The zero-order valence-corrected chi connectivity index (χ0v) is 24.9. The predicted molar refractivity (Wildman–Crippen MR) is 161 cm³/mol. The summed E-state index contributed by atoms with van der Waals surface area (Å²) in [5.41, 5.74) is 2.74. The van der Waals surface area contributed by atoms with Crippen molar-refractivity contribution in [2.45, 2.75) is 37.8 Å². The Hall–Kier alpha value is -3.92. The molecule has 1 aromatic heterocycles. The lowest BCUT2D eigenvalue weighted by molar-refractivity contribution is 0.0460. The van der Waals surface area contributed by atoms with Crippen LogP contribution in [0.2, 0.25) is 10.0 Å². The van der Waals surface area contributed by atoms with Gasteiger partial charge >= 0.3 is 6.09 Å². The Kier molecular flexibility index (Phi) is 9.01. The van der Waals surface area contributed by atoms with Crippen LogP contribution >= 0.6 is 23.2 Å². The monoisotopic (exact) mass is 610 g/mol. The van der Waals surface area contributed by atoms with E-state index in [0.717, 1.165) is 16.7 Å². The molecular weight excluding hydrogens is 583 g/mol. The van der Waals surface area contributed by atoms with Crippen molar-refractivity contribution in [1.29, 1.82) is 5.41 Å². The van der Waals surface area contributed by atoms with Crippen LogP contribution < -0.4 is 5.32 Å². The van der Waals surface area contributed by atoms with Gasteiger partial charge in [-0.25, -0.2) is 13.2 Å². The van der Waals surface area contributed by atoms with Gasteiger partial charge in [-0.3, -0.25) is 10.4 Å². The molecular formula is C30H28Cl2N4O4S. The maximum Gasteiger partial charge on any atom is 0.431 e. The first-order valence-electron chi connectivity index (χ1n) is 12.5. The number of nitrogens with zero attached hydrogens (tertiary/aromatic N) is 2. The number of aromatic nitrogens is 1. The van der Waals surface area contributed by atoms with Crippen molar-refractivity contribution >= 4 is 45.3 Å². The van der Waals surface area contributed by atoms with Crippen molar-refractivity contribution in [2.75, 3.05) is 0 Å². The molecule has 1 amide bonds. The second-order valence-corrected chi connectivity index (χ2v) is 12.7. The number of hydrogen-bond donors (Lipinski definition) is 2. The van der Waals surface area contributed by atoms with Crippen LogP contribution in [-0.2, 0) is 21.3 Å². The van der Waals surface area contributed by atoms with Gasteiger partial charge in [-0.15, -0.1) is 4.31 Å². The molecule has 2 N–H and O–H groups in total. The maximum absolute atomic E-state index is 13.4. The van der Waals surface area contributed by atoms with Gasteiger partial charge in [0.05, 0.1) is 10.6 Å². The lowest BCUT2D eigenvalue weighted by Gasteiger charge is -2.27. The van der Waals surface area contributed by atoms with Gasteiger partial charge in [0, 0.05) is 33.9 Å². The molecule has 8 nitrogen and oxygen atoms in total. The third-order valence-corrected chi connectivity index (χ3v) is 7.87. The molecule has 4 aromatic rings. The number of hydrogen-bond acceptors (Lipinski definition) is 6. The van der Waals surface area contributed by atoms with E-state index in [1.165, 1.54) is 24.3 Å². The maximum atomic E-state index is 13.4. The van der Waals surface area contributed by atoms with Gasteiger partial charge < -0.3 is 10.1 Å². The highest BCUT2D eigenvalue weighted by Crippen LogP contribution is 2.33. The summed E-state index contributed by atoms with van der Waals surface area (Å²) >= 11 is 12.3. The molecule has 1 heterocycles. The number of carbonyl (C=O) groups is 1. The summed E-state index contributed by atoms with van der Waals surface area (Å²) in [5.74, 6) is -0.671. The third kappa shape index (κ3) is 7.43.